The van der Waals surface area contributed by atoms with Gasteiger partial charge in [0.25, 0.3) is 0 Å². The minimum absolute atomic E-state index is 0.150. The molecule has 0 aliphatic rings. The summed E-state index contributed by atoms with van der Waals surface area (Å²) in [4.78, 5) is 4.12. The van der Waals surface area contributed by atoms with Crippen molar-refractivity contribution in [2.24, 2.45) is 5.73 Å². The summed E-state index contributed by atoms with van der Waals surface area (Å²) in [6, 6.07) is 5.06. The maximum atomic E-state index is 8.97. The number of aliphatic hydroxyl groups is 1. The predicted octanol–water partition coefficient (Wildman–Crippen LogP) is 0.980. The van der Waals surface area contributed by atoms with Crippen LogP contribution < -0.4 is 5.73 Å². The van der Waals surface area contributed by atoms with Crippen LogP contribution in [0.15, 0.2) is 24.4 Å². The second-order valence-electron chi connectivity index (χ2n) is 3.01. The third-order valence-electron chi connectivity index (χ3n) is 2.07. The monoisotopic (exact) mass is 211 g/mol. The molecule has 2 heterocycles. The van der Waals surface area contributed by atoms with E-state index in [-0.39, 0.29) is 6.61 Å². The Morgan fingerprint density at radius 2 is 2.36 bits per heavy atom. The largest absolute Gasteiger partial charge is 0.394 e. The standard InChI is InChI=1S/C9H10ClN3O/c10-9-8(6(11)5-14)13-4-2-1-3-7(13)12-9/h1-4,6,14H,5,11H2. The van der Waals surface area contributed by atoms with Gasteiger partial charge in [-0.2, -0.15) is 0 Å². The quantitative estimate of drug-likeness (QED) is 0.779. The molecule has 0 radical (unpaired) electrons. The Morgan fingerprint density at radius 3 is 3.07 bits per heavy atom. The molecular weight excluding hydrogens is 202 g/mol. The summed E-state index contributed by atoms with van der Waals surface area (Å²) in [6.45, 7) is -0.150. The van der Waals surface area contributed by atoms with E-state index in [9.17, 15) is 0 Å². The molecule has 5 heteroatoms. The van der Waals surface area contributed by atoms with E-state index < -0.39 is 6.04 Å². The zero-order chi connectivity index (χ0) is 10.1. The zero-order valence-electron chi connectivity index (χ0n) is 7.39. The van der Waals surface area contributed by atoms with E-state index in [0.29, 0.717) is 10.8 Å². The highest BCUT2D eigenvalue weighted by molar-refractivity contribution is 6.30. The van der Waals surface area contributed by atoms with Crippen molar-refractivity contribution in [3.8, 4) is 0 Å². The number of nitrogens with zero attached hydrogens (tertiary/aromatic N) is 2. The number of hydrogen-bond donors (Lipinski definition) is 2. The Kier molecular flexibility index (Phi) is 2.41. The third kappa shape index (κ3) is 1.37. The third-order valence-corrected chi connectivity index (χ3v) is 2.35. The number of imidazole rings is 1. The first kappa shape index (κ1) is 9.45. The summed E-state index contributed by atoms with van der Waals surface area (Å²) < 4.78 is 1.78. The average molecular weight is 212 g/mol. The molecule has 2 aromatic heterocycles. The second kappa shape index (κ2) is 3.57. The fourth-order valence-corrected chi connectivity index (χ4v) is 1.72. The van der Waals surface area contributed by atoms with Crippen LogP contribution in [0.4, 0.5) is 0 Å². The van der Waals surface area contributed by atoms with Crippen LogP contribution in [0.25, 0.3) is 5.65 Å². The molecule has 14 heavy (non-hydrogen) atoms. The molecule has 1 atom stereocenters. The Bertz CT molecular complexity index is 454. The number of hydrogen-bond acceptors (Lipinski definition) is 3. The summed E-state index contributed by atoms with van der Waals surface area (Å²) in [5, 5.41) is 9.31. The molecule has 0 saturated carbocycles. The summed E-state index contributed by atoms with van der Waals surface area (Å²) in [5.41, 5.74) is 7.09. The predicted molar refractivity (Wildman–Crippen MR) is 54.2 cm³/mol. The van der Waals surface area contributed by atoms with Crippen LogP contribution in [0.2, 0.25) is 5.15 Å². The van der Waals surface area contributed by atoms with Crippen LogP contribution in [0.3, 0.4) is 0 Å². The lowest BCUT2D eigenvalue weighted by atomic mass is 10.2. The molecule has 3 N–H and O–H groups in total. The Morgan fingerprint density at radius 1 is 1.57 bits per heavy atom. The van der Waals surface area contributed by atoms with Gasteiger partial charge in [0.05, 0.1) is 18.3 Å². The van der Waals surface area contributed by atoms with Crippen molar-refractivity contribution >= 4 is 17.2 Å². The minimum Gasteiger partial charge on any atom is -0.394 e. The van der Waals surface area contributed by atoms with E-state index in [0.717, 1.165) is 5.65 Å². The number of pyridine rings is 1. The number of nitrogens with two attached hydrogens (primary N) is 1. The zero-order valence-corrected chi connectivity index (χ0v) is 8.15. The van der Waals surface area contributed by atoms with E-state index in [4.69, 9.17) is 22.4 Å². The van der Waals surface area contributed by atoms with Gasteiger partial charge >= 0.3 is 0 Å². The van der Waals surface area contributed by atoms with Crippen molar-refractivity contribution in [2.45, 2.75) is 6.04 Å². The number of fused-ring (bicyclic) bond motifs is 1. The van der Waals surface area contributed by atoms with Crippen molar-refractivity contribution in [2.75, 3.05) is 6.61 Å². The van der Waals surface area contributed by atoms with Crippen molar-refractivity contribution in [1.82, 2.24) is 9.38 Å². The minimum atomic E-state index is -0.500. The summed E-state index contributed by atoms with van der Waals surface area (Å²) in [6.07, 6.45) is 1.82. The van der Waals surface area contributed by atoms with E-state index >= 15 is 0 Å². The van der Waals surface area contributed by atoms with Gasteiger partial charge in [0.15, 0.2) is 5.15 Å². The van der Waals surface area contributed by atoms with E-state index in [1.54, 1.807) is 4.40 Å². The first-order valence-electron chi connectivity index (χ1n) is 4.23. The molecule has 74 valence electrons. The summed E-state index contributed by atoms with van der Waals surface area (Å²) in [7, 11) is 0. The molecule has 0 saturated heterocycles. The number of rotatable bonds is 2. The molecule has 1 unspecified atom stereocenters. The van der Waals surface area contributed by atoms with Gasteiger partial charge in [-0.1, -0.05) is 17.7 Å². The fraction of sp³-hybridized carbons (Fsp3) is 0.222. The van der Waals surface area contributed by atoms with Gasteiger partial charge in [-0.25, -0.2) is 4.98 Å². The lowest BCUT2D eigenvalue weighted by Crippen LogP contribution is -2.16. The molecule has 0 aliphatic carbocycles. The lowest BCUT2D eigenvalue weighted by molar-refractivity contribution is 0.265. The molecule has 0 bridgehead atoms. The maximum Gasteiger partial charge on any atom is 0.153 e. The van der Waals surface area contributed by atoms with Crippen LogP contribution in [-0.2, 0) is 0 Å². The molecule has 0 aliphatic heterocycles. The van der Waals surface area contributed by atoms with E-state index in [2.05, 4.69) is 4.98 Å². The Hall–Kier alpha value is -1.10. The molecular formula is C9H10ClN3O. The molecule has 2 rings (SSSR count). The van der Waals surface area contributed by atoms with E-state index in [1.807, 2.05) is 24.4 Å². The number of halogens is 1. The molecule has 2 aromatic rings. The SMILES string of the molecule is NC(CO)c1c(Cl)nc2ccccn12. The van der Waals surface area contributed by atoms with Gasteiger partial charge in [-0.3, -0.25) is 0 Å². The fourth-order valence-electron chi connectivity index (χ4n) is 1.40. The molecule has 0 spiro atoms. The van der Waals surface area contributed by atoms with Crippen LogP contribution in [-0.4, -0.2) is 21.1 Å². The van der Waals surface area contributed by atoms with Crippen LogP contribution in [0.1, 0.15) is 11.7 Å². The van der Waals surface area contributed by atoms with Crippen LogP contribution in [0, 0.1) is 0 Å². The normalized spacial score (nSPS) is 13.4. The molecule has 0 fully saturated rings. The first-order chi connectivity index (χ1) is 6.74. The van der Waals surface area contributed by atoms with Crippen molar-refractivity contribution in [1.29, 1.82) is 0 Å². The topological polar surface area (TPSA) is 63.5 Å². The first-order valence-corrected chi connectivity index (χ1v) is 4.60. The summed E-state index contributed by atoms with van der Waals surface area (Å²) >= 11 is 5.92. The summed E-state index contributed by atoms with van der Waals surface area (Å²) in [5.74, 6) is 0. The highest BCUT2D eigenvalue weighted by Gasteiger charge is 2.15. The number of aromatic nitrogens is 2. The van der Waals surface area contributed by atoms with Crippen LogP contribution in [0.5, 0.6) is 0 Å². The van der Waals surface area contributed by atoms with E-state index in [1.165, 1.54) is 0 Å². The van der Waals surface area contributed by atoms with Crippen molar-refractivity contribution in [3.05, 3.63) is 35.2 Å². The average Bonchev–Trinajstić information content (AvgIpc) is 2.53. The Labute approximate surface area is 85.9 Å². The molecule has 0 aromatic carbocycles. The maximum absolute atomic E-state index is 8.97. The molecule has 0 amide bonds. The van der Waals surface area contributed by atoms with Crippen LogP contribution >= 0.6 is 11.6 Å². The lowest BCUT2D eigenvalue weighted by Gasteiger charge is -2.07. The van der Waals surface area contributed by atoms with Crippen molar-refractivity contribution in [3.63, 3.8) is 0 Å². The van der Waals surface area contributed by atoms with Crippen molar-refractivity contribution < 1.29 is 5.11 Å². The highest BCUT2D eigenvalue weighted by Crippen LogP contribution is 2.22. The smallest absolute Gasteiger partial charge is 0.153 e. The van der Waals surface area contributed by atoms with Gasteiger partial charge in [-0.15, -0.1) is 0 Å². The second-order valence-corrected chi connectivity index (χ2v) is 3.36. The highest BCUT2D eigenvalue weighted by atomic mass is 35.5. The van der Waals surface area contributed by atoms with Gasteiger partial charge in [0.1, 0.15) is 5.65 Å². The van der Waals surface area contributed by atoms with Gasteiger partial charge < -0.3 is 15.2 Å². The van der Waals surface area contributed by atoms with Gasteiger partial charge in [0, 0.05) is 6.20 Å². The van der Waals surface area contributed by atoms with Gasteiger partial charge in [-0.05, 0) is 12.1 Å². The Balaban J connectivity index is 2.67. The van der Waals surface area contributed by atoms with Gasteiger partial charge in [0.2, 0.25) is 0 Å². The number of aliphatic hydroxyl groups excluding tert-OH is 1. The molecule has 4 nitrogen and oxygen atoms in total.